The van der Waals surface area contributed by atoms with Crippen LogP contribution in [-0.4, -0.2) is 65.6 Å². The Morgan fingerprint density at radius 2 is 1.05 bits per heavy atom. The molecule has 0 fully saturated rings. The zero-order chi connectivity index (χ0) is 14.7. The molecule has 0 aliphatic rings. The average Bonchev–Trinajstić information content (AvgIpc) is 2.39. The topological polar surface area (TPSA) is 6.48 Å². The Balaban J connectivity index is 3.79. The standard InChI is InChI=1S/C16H38GeN2/c1-6-18(7-2)14-10-12-16(5,17)13-11-15-19(8-3)9-4/h6-15H2,1-5,17H3. The Hall–Kier alpha value is 0.463. The monoisotopic (exact) mass is 332 g/mol. The van der Waals surface area contributed by atoms with Crippen molar-refractivity contribution < 1.29 is 0 Å². The van der Waals surface area contributed by atoms with Crippen molar-refractivity contribution in [2.45, 2.75) is 64.5 Å². The van der Waals surface area contributed by atoms with Crippen molar-refractivity contribution in [3.05, 3.63) is 0 Å². The van der Waals surface area contributed by atoms with E-state index in [2.05, 4.69) is 44.4 Å². The van der Waals surface area contributed by atoms with E-state index in [-0.39, 0.29) is 0 Å². The summed E-state index contributed by atoms with van der Waals surface area (Å²) in [6, 6.07) is 0. The number of hydrogen-bond acceptors (Lipinski definition) is 2. The second kappa shape index (κ2) is 11.2. The summed E-state index contributed by atoms with van der Waals surface area (Å²) < 4.78 is 0.702. The van der Waals surface area contributed by atoms with E-state index in [9.17, 15) is 0 Å². The van der Waals surface area contributed by atoms with Crippen LogP contribution >= 0.6 is 0 Å². The Labute approximate surface area is 130 Å². The summed E-state index contributed by atoms with van der Waals surface area (Å²) in [6.07, 6.45) is 5.68. The Kier molecular flexibility index (Phi) is 11.4. The van der Waals surface area contributed by atoms with Crippen molar-refractivity contribution >= 4 is 16.5 Å². The van der Waals surface area contributed by atoms with Crippen molar-refractivity contribution in [3.8, 4) is 0 Å². The molecule has 19 heavy (non-hydrogen) atoms. The Morgan fingerprint density at radius 1 is 0.737 bits per heavy atom. The summed E-state index contributed by atoms with van der Waals surface area (Å²) in [4.78, 5) is 5.11. The van der Waals surface area contributed by atoms with Crippen LogP contribution in [0.3, 0.4) is 0 Å². The molecule has 0 aliphatic heterocycles. The SMILES string of the molecule is CCN(CC)CCC[C](C)([GeH3])CCCN(CC)CC. The molecule has 3 heteroatoms. The first kappa shape index (κ1) is 19.5. The molecule has 0 saturated carbocycles. The zero-order valence-electron chi connectivity index (χ0n) is 14.5. The second-order valence-corrected chi connectivity index (χ2v) is 11.5. The molecule has 2 nitrogen and oxygen atoms in total. The third kappa shape index (κ3) is 9.92. The van der Waals surface area contributed by atoms with Gasteiger partial charge in [-0.1, -0.05) is 0 Å². The van der Waals surface area contributed by atoms with Crippen LogP contribution in [0.1, 0.15) is 60.3 Å². The molecule has 0 heterocycles. The van der Waals surface area contributed by atoms with Gasteiger partial charge in [0.1, 0.15) is 0 Å². The third-order valence-corrected chi connectivity index (χ3v) is 6.54. The molecule has 0 aromatic carbocycles. The van der Waals surface area contributed by atoms with Gasteiger partial charge in [-0.15, -0.1) is 0 Å². The molecule has 0 aromatic heterocycles. The molecule has 0 bridgehead atoms. The predicted molar refractivity (Wildman–Crippen MR) is 92.4 cm³/mol. The molecule has 0 atom stereocenters. The van der Waals surface area contributed by atoms with Crippen LogP contribution in [0.4, 0.5) is 0 Å². The van der Waals surface area contributed by atoms with Crippen LogP contribution in [0.2, 0.25) is 4.25 Å². The van der Waals surface area contributed by atoms with E-state index in [0.29, 0.717) is 4.25 Å². The average molecular weight is 331 g/mol. The molecule has 0 amide bonds. The molecule has 0 N–H and O–H groups in total. The minimum absolute atomic E-state index is 0.702. The first-order valence-corrected chi connectivity index (χ1v) is 10.5. The van der Waals surface area contributed by atoms with E-state index >= 15 is 0 Å². The number of nitrogens with zero attached hydrogens (tertiary/aromatic N) is 2. The summed E-state index contributed by atoms with van der Waals surface area (Å²) in [5, 5.41) is 0. The quantitative estimate of drug-likeness (QED) is 0.508. The van der Waals surface area contributed by atoms with Gasteiger partial charge in [0, 0.05) is 0 Å². The summed E-state index contributed by atoms with van der Waals surface area (Å²) >= 11 is 0.951. The van der Waals surface area contributed by atoms with Gasteiger partial charge in [-0.25, -0.2) is 0 Å². The molecule has 0 saturated heterocycles. The minimum atomic E-state index is 0.702. The van der Waals surface area contributed by atoms with E-state index in [1.54, 1.807) is 0 Å². The fraction of sp³-hybridized carbons (Fsp3) is 1.00. The predicted octanol–water partition coefficient (Wildman–Crippen LogP) is 2.77. The van der Waals surface area contributed by atoms with Gasteiger partial charge in [0.2, 0.25) is 0 Å². The van der Waals surface area contributed by atoms with Gasteiger partial charge in [-0.3, -0.25) is 0 Å². The molecule has 0 aliphatic carbocycles. The van der Waals surface area contributed by atoms with E-state index < -0.39 is 0 Å². The molecular formula is C16H38GeN2. The van der Waals surface area contributed by atoms with Crippen molar-refractivity contribution in [1.29, 1.82) is 0 Å². The van der Waals surface area contributed by atoms with Crippen LogP contribution in [0, 0.1) is 0 Å². The van der Waals surface area contributed by atoms with Gasteiger partial charge in [0.05, 0.1) is 0 Å². The molecule has 0 radical (unpaired) electrons. The third-order valence-electron chi connectivity index (χ3n) is 4.44. The van der Waals surface area contributed by atoms with Gasteiger partial charge >= 0.3 is 130 Å². The van der Waals surface area contributed by atoms with Gasteiger partial charge in [-0.05, 0) is 0 Å². The number of hydrogen-bond donors (Lipinski definition) is 0. The van der Waals surface area contributed by atoms with Crippen molar-refractivity contribution in [2.75, 3.05) is 39.3 Å². The van der Waals surface area contributed by atoms with Crippen molar-refractivity contribution in [2.24, 2.45) is 0 Å². The second-order valence-electron chi connectivity index (χ2n) is 6.43. The Morgan fingerprint density at radius 3 is 1.32 bits per heavy atom. The van der Waals surface area contributed by atoms with Crippen LogP contribution in [0.5, 0.6) is 0 Å². The Bertz CT molecular complexity index is 179. The van der Waals surface area contributed by atoms with E-state index in [4.69, 9.17) is 0 Å². The molecule has 0 unspecified atom stereocenters. The van der Waals surface area contributed by atoms with Gasteiger partial charge in [0.15, 0.2) is 0 Å². The van der Waals surface area contributed by atoms with E-state index in [1.807, 2.05) is 0 Å². The summed E-state index contributed by atoms with van der Waals surface area (Å²) in [5.41, 5.74) is 0. The molecule has 116 valence electrons. The molecular weight excluding hydrogens is 293 g/mol. The first-order chi connectivity index (χ1) is 8.99. The van der Waals surface area contributed by atoms with Crippen LogP contribution < -0.4 is 0 Å². The van der Waals surface area contributed by atoms with Crippen LogP contribution in [-0.2, 0) is 0 Å². The summed E-state index contributed by atoms with van der Waals surface area (Å²) in [6.45, 7) is 19.1. The fourth-order valence-corrected chi connectivity index (χ4v) is 4.25. The maximum absolute atomic E-state index is 2.55. The maximum atomic E-state index is 2.55. The normalized spacial score (nSPS) is 12.8. The van der Waals surface area contributed by atoms with Crippen LogP contribution in [0.15, 0.2) is 0 Å². The molecule has 0 rings (SSSR count). The van der Waals surface area contributed by atoms with Crippen molar-refractivity contribution in [1.82, 2.24) is 9.80 Å². The first-order valence-electron chi connectivity index (χ1n) is 8.43. The van der Waals surface area contributed by atoms with E-state index in [0.717, 1.165) is 16.5 Å². The molecule has 0 spiro atoms. The summed E-state index contributed by atoms with van der Waals surface area (Å²) in [5.74, 6) is 0. The van der Waals surface area contributed by atoms with E-state index in [1.165, 1.54) is 65.0 Å². The van der Waals surface area contributed by atoms with Gasteiger partial charge in [-0.2, -0.15) is 0 Å². The van der Waals surface area contributed by atoms with Crippen LogP contribution in [0.25, 0.3) is 0 Å². The van der Waals surface area contributed by atoms with Gasteiger partial charge in [0.25, 0.3) is 0 Å². The molecule has 0 aromatic rings. The zero-order valence-corrected chi connectivity index (χ0v) is 18.7. The number of rotatable bonds is 12. The summed E-state index contributed by atoms with van der Waals surface area (Å²) in [7, 11) is 0. The van der Waals surface area contributed by atoms with Gasteiger partial charge < -0.3 is 0 Å². The fourth-order valence-electron chi connectivity index (χ4n) is 2.77. The van der Waals surface area contributed by atoms with Crippen molar-refractivity contribution in [3.63, 3.8) is 0 Å².